The Morgan fingerprint density at radius 3 is 2.67 bits per heavy atom. The fourth-order valence-corrected chi connectivity index (χ4v) is 3.08. The van der Waals surface area contributed by atoms with Gasteiger partial charge in [-0.1, -0.05) is 63.7 Å². The van der Waals surface area contributed by atoms with Gasteiger partial charge in [0.25, 0.3) is 5.91 Å². The molecular weight excluding hydrogens is 348 g/mol. The number of aromatic nitrogens is 1. The van der Waals surface area contributed by atoms with Gasteiger partial charge < -0.3 is 0 Å². The molecule has 0 aliphatic rings. The molecule has 0 aliphatic heterocycles. The molecule has 0 unspecified atom stereocenters. The Kier molecular flexibility index (Phi) is 4.13. The first kappa shape index (κ1) is 14.0. The number of nitrogens with one attached hydrogen (secondary N) is 1. The molecule has 1 heterocycles. The number of amides is 1. The molecule has 0 saturated heterocycles. The van der Waals surface area contributed by atoms with E-state index in [9.17, 15) is 4.79 Å². The first-order chi connectivity index (χ1) is 10.2. The molecule has 3 aromatic rings. The highest BCUT2D eigenvalue weighted by Crippen LogP contribution is 2.28. The number of halogens is 1. The van der Waals surface area contributed by atoms with Crippen LogP contribution in [0.15, 0.2) is 65.3 Å². The van der Waals surface area contributed by atoms with E-state index in [2.05, 4.69) is 26.2 Å². The third kappa shape index (κ3) is 3.37. The molecule has 104 valence electrons. The van der Waals surface area contributed by atoms with Crippen LogP contribution in [0.25, 0.3) is 10.4 Å². The lowest BCUT2D eigenvalue weighted by Crippen LogP contribution is -2.11. The summed E-state index contributed by atoms with van der Waals surface area (Å²) in [4.78, 5) is 17.4. The van der Waals surface area contributed by atoms with Crippen molar-refractivity contribution in [2.75, 3.05) is 5.32 Å². The molecule has 3 rings (SSSR count). The zero-order valence-electron chi connectivity index (χ0n) is 10.9. The molecule has 1 N–H and O–H groups in total. The number of benzene rings is 2. The second-order valence-corrected chi connectivity index (χ2v) is 6.31. The Balaban J connectivity index is 1.77. The molecular formula is C16H11BrN2OS. The number of carbonyl (C=O) groups is 1. The van der Waals surface area contributed by atoms with Gasteiger partial charge in [-0.3, -0.25) is 10.1 Å². The SMILES string of the molecule is O=C(Nc1ncc(-c2ccccc2)s1)c1cccc(Br)c1. The van der Waals surface area contributed by atoms with Gasteiger partial charge in [-0.15, -0.1) is 0 Å². The van der Waals surface area contributed by atoms with E-state index in [-0.39, 0.29) is 5.91 Å². The highest BCUT2D eigenvalue weighted by Gasteiger charge is 2.10. The molecule has 2 aromatic carbocycles. The first-order valence-electron chi connectivity index (χ1n) is 6.30. The Hall–Kier alpha value is -1.98. The zero-order valence-corrected chi connectivity index (χ0v) is 13.3. The summed E-state index contributed by atoms with van der Waals surface area (Å²) >= 11 is 4.82. The van der Waals surface area contributed by atoms with Crippen LogP contribution >= 0.6 is 27.3 Å². The zero-order chi connectivity index (χ0) is 14.7. The summed E-state index contributed by atoms with van der Waals surface area (Å²) in [7, 11) is 0. The molecule has 3 nitrogen and oxygen atoms in total. The summed E-state index contributed by atoms with van der Waals surface area (Å²) in [6.07, 6.45) is 1.77. The van der Waals surface area contributed by atoms with Gasteiger partial charge in [0.15, 0.2) is 5.13 Å². The van der Waals surface area contributed by atoms with E-state index < -0.39 is 0 Å². The molecule has 0 bridgehead atoms. The predicted molar refractivity (Wildman–Crippen MR) is 89.6 cm³/mol. The molecule has 0 fully saturated rings. The lowest BCUT2D eigenvalue weighted by atomic mass is 10.2. The van der Waals surface area contributed by atoms with Crippen molar-refractivity contribution in [2.45, 2.75) is 0 Å². The molecule has 0 spiro atoms. The van der Waals surface area contributed by atoms with Crippen molar-refractivity contribution in [1.29, 1.82) is 0 Å². The van der Waals surface area contributed by atoms with Gasteiger partial charge in [-0.05, 0) is 23.8 Å². The smallest absolute Gasteiger partial charge is 0.257 e. The molecule has 1 aromatic heterocycles. The first-order valence-corrected chi connectivity index (χ1v) is 7.91. The fourth-order valence-electron chi connectivity index (χ4n) is 1.87. The van der Waals surface area contributed by atoms with Crippen LogP contribution < -0.4 is 5.32 Å². The number of nitrogens with zero attached hydrogens (tertiary/aromatic N) is 1. The monoisotopic (exact) mass is 358 g/mol. The number of carbonyl (C=O) groups excluding carboxylic acids is 1. The van der Waals surface area contributed by atoms with E-state index >= 15 is 0 Å². The van der Waals surface area contributed by atoms with Gasteiger partial charge in [0.05, 0.1) is 4.88 Å². The summed E-state index contributed by atoms with van der Waals surface area (Å²) in [5.74, 6) is -0.162. The van der Waals surface area contributed by atoms with Gasteiger partial charge >= 0.3 is 0 Å². The third-order valence-corrected chi connectivity index (χ3v) is 4.33. The molecule has 0 radical (unpaired) electrons. The summed E-state index contributed by atoms with van der Waals surface area (Å²) in [6, 6.07) is 17.2. The van der Waals surface area contributed by atoms with Gasteiger partial charge in [0.1, 0.15) is 0 Å². The van der Waals surface area contributed by atoms with Crippen molar-refractivity contribution >= 4 is 38.3 Å². The minimum Gasteiger partial charge on any atom is -0.298 e. The van der Waals surface area contributed by atoms with Crippen LogP contribution in [0.3, 0.4) is 0 Å². The molecule has 0 atom stereocenters. The lowest BCUT2D eigenvalue weighted by Gasteiger charge is -2.01. The molecule has 0 saturated carbocycles. The maximum Gasteiger partial charge on any atom is 0.257 e. The molecule has 21 heavy (non-hydrogen) atoms. The van der Waals surface area contributed by atoms with Crippen molar-refractivity contribution in [1.82, 2.24) is 4.98 Å². The molecule has 5 heteroatoms. The molecule has 1 amide bonds. The quantitative estimate of drug-likeness (QED) is 0.728. The van der Waals surface area contributed by atoms with Crippen molar-refractivity contribution in [3.63, 3.8) is 0 Å². The van der Waals surface area contributed by atoms with E-state index in [0.717, 1.165) is 14.9 Å². The maximum atomic E-state index is 12.1. The van der Waals surface area contributed by atoms with Crippen LogP contribution in [0.1, 0.15) is 10.4 Å². The van der Waals surface area contributed by atoms with Crippen molar-refractivity contribution < 1.29 is 4.79 Å². The number of thiazole rings is 1. The average molecular weight is 359 g/mol. The van der Waals surface area contributed by atoms with Crippen LogP contribution in [0.2, 0.25) is 0 Å². The van der Waals surface area contributed by atoms with E-state index in [1.54, 1.807) is 18.3 Å². The second kappa shape index (κ2) is 6.20. The number of anilines is 1. The number of hydrogen-bond donors (Lipinski definition) is 1. The van der Waals surface area contributed by atoms with E-state index in [1.165, 1.54) is 11.3 Å². The topological polar surface area (TPSA) is 42.0 Å². The summed E-state index contributed by atoms with van der Waals surface area (Å²) < 4.78 is 0.874. The van der Waals surface area contributed by atoms with E-state index in [1.807, 2.05) is 42.5 Å². The standard InChI is InChI=1S/C16H11BrN2OS/c17-13-8-4-7-12(9-13)15(20)19-16-18-10-14(21-16)11-5-2-1-3-6-11/h1-10H,(H,18,19,20). The van der Waals surface area contributed by atoms with Gasteiger partial charge in [0.2, 0.25) is 0 Å². The van der Waals surface area contributed by atoms with Crippen molar-refractivity contribution in [3.05, 3.63) is 70.8 Å². The Morgan fingerprint density at radius 1 is 1.10 bits per heavy atom. The fraction of sp³-hybridized carbons (Fsp3) is 0. The second-order valence-electron chi connectivity index (χ2n) is 4.36. The van der Waals surface area contributed by atoms with Crippen LogP contribution in [0, 0.1) is 0 Å². The van der Waals surface area contributed by atoms with Crippen LogP contribution in [0.5, 0.6) is 0 Å². The van der Waals surface area contributed by atoms with Crippen molar-refractivity contribution in [3.8, 4) is 10.4 Å². The largest absolute Gasteiger partial charge is 0.298 e. The number of hydrogen-bond acceptors (Lipinski definition) is 3. The predicted octanol–water partition coefficient (Wildman–Crippen LogP) is 4.82. The van der Waals surface area contributed by atoms with Crippen molar-refractivity contribution in [2.24, 2.45) is 0 Å². The number of rotatable bonds is 3. The molecule has 0 aliphatic carbocycles. The normalized spacial score (nSPS) is 10.3. The third-order valence-electron chi connectivity index (χ3n) is 2.87. The van der Waals surface area contributed by atoms with E-state index in [0.29, 0.717) is 10.7 Å². The van der Waals surface area contributed by atoms with Gasteiger partial charge in [0, 0.05) is 16.2 Å². The summed E-state index contributed by atoms with van der Waals surface area (Å²) in [5, 5.41) is 3.42. The van der Waals surface area contributed by atoms with Crippen LogP contribution in [-0.2, 0) is 0 Å². The van der Waals surface area contributed by atoms with Crippen LogP contribution in [0.4, 0.5) is 5.13 Å². The highest BCUT2D eigenvalue weighted by atomic mass is 79.9. The van der Waals surface area contributed by atoms with Crippen LogP contribution in [-0.4, -0.2) is 10.9 Å². The Bertz CT molecular complexity index is 771. The lowest BCUT2D eigenvalue weighted by molar-refractivity contribution is 0.102. The Morgan fingerprint density at radius 2 is 1.90 bits per heavy atom. The van der Waals surface area contributed by atoms with E-state index in [4.69, 9.17) is 0 Å². The Labute approximate surface area is 134 Å². The highest BCUT2D eigenvalue weighted by molar-refractivity contribution is 9.10. The summed E-state index contributed by atoms with van der Waals surface area (Å²) in [5.41, 5.74) is 1.69. The minimum atomic E-state index is -0.162. The minimum absolute atomic E-state index is 0.162. The average Bonchev–Trinajstić information content (AvgIpc) is 2.97. The summed E-state index contributed by atoms with van der Waals surface area (Å²) in [6.45, 7) is 0. The van der Waals surface area contributed by atoms with Gasteiger partial charge in [-0.25, -0.2) is 4.98 Å². The van der Waals surface area contributed by atoms with Gasteiger partial charge in [-0.2, -0.15) is 0 Å². The maximum absolute atomic E-state index is 12.1.